The minimum atomic E-state index is -4.82. The van der Waals surface area contributed by atoms with E-state index in [4.69, 9.17) is 16.3 Å². The van der Waals surface area contributed by atoms with Gasteiger partial charge in [0.05, 0.1) is 23.7 Å². The summed E-state index contributed by atoms with van der Waals surface area (Å²) in [4.78, 5) is 1.27. The molecule has 0 aromatic heterocycles. The Kier molecular flexibility index (Phi) is 6.95. The molecule has 0 spiro atoms. The summed E-state index contributed by atoms with van der Waals surface area (Å²) in [7, 11) is -4.34. The monoisotopic (exact) mass is 414 g/mol. The number of nitrogens with one attached hydrogen (secondary N) is 1. The molecule has 1 aromatic rings. The Morgan fingerprint density at radius 3 is 2.42 bits per heavy atom. The van der Waals surface area contributed by atoms with E-state index >= 15 is 0 Å². The number of benzene rings is 1. The van der Waals surface area contributed by atoms with Gasteiger partial charge < -0.3 is 4.74 Å². The van der Waals surface area contributed by atoms with Gasteiger partial charge in [-0.15, -0.1) is 0 Å². The van der Waals surface area contributed by atoms with E-state index in [-0.39, 0.29) is 23.5 Å². The van der Waals surface area contributed by atoms with Crippen LogP contribution < -0.4 is 4.72 Å². The van der Waals surface area contributed by atoms with E-state index in [0.29, 0.717) is 32.4 Å². The first kappa shape index (κ1) is 21.4. The van der Waals surface area contributed by atoms with Crippen molar-refractivity contribution in [2.24, 2.45) is 5.92 Å². The van der Waals surface area contributed by atoms with Crippen LogP contribution in [0.15, 0.2) is 23.1 Å². The molecule has 1 saturated heterocycles. The van der Waals surface area contributed by atoms with Crippen molar-refractivity contribution in [2.45, 2.75) is 31.0 Å². The predicted octanol–water partition coefficient (Wildman–Crippen LogP) is 2.99. The molecule has 0 aliphatic carbocycles. The largest absolute Gasteiger partial charge is 0.417 e. The van der Waals surface area contributed by atoms with Crippen molar-refractivity contribution in [1.29, 1.82) is 0 Å². The van der Waals surface area contributed by atoms with E-state index in [9.17, 15) is 21.6 Å². The molecule has 1 fully saturated rings. The van der Waals surface area contributed by atoms with Crippen molar-refractivity contribution in [3.05, 3.63) is 28.8 Å². The minimum Gasteiger partial charge on any atom is -0.379 e. The van der Waals surface area contributed by atoms with E-state index in [1.165, 1.54) is 0 Å². The topological polar surface area (TPSA) is 58.6 Å². The van der Waals surface area contributed by atoms with Crippen LogP contribution in [0.4, 0.5) is 13.2 Å². The second-order valence-corrected chi connectivity index (χ2v) is 8.62. The Morgan fingerprint density at radius 2 is 1.88 bits per heavy atom. The van der Waals surface area contributed by atoms with Crippen LogP contribution in [-0.4, -0.2) is 52.2 Å². The average Bonchev–Trinajstić information content (AvgIpc) is 2.54. The molecular weight excluding hydrogens is 393 g/mol. The van der Waals surface area contributed by atoms with Gasteiger partial charge >= 0.3 is 6.18 Å². The van der Waals surface area contributed by atoms with Crippen molar-refractivity contribution >= 4 is 21.6 Å². The molecule has 2 rings (SSSR count). The van der Waals surface area contributed by atoms with Crippen LogP contribution >= 0.6 is 11.6 Å². The Morgan fingerprint density at radius 1 is 1.27 bits per heavy atom. The van der Waals surface area contributed by atoms with Gasteiger partial charge in [0.1, 0.15) is 0 Å². The molecule has 148 valence electrons. The number of ether oxygens (including phenoxy) is 1. The molecule has 0 unspecified atom stereocenters. The van der Waals surface area contributed by atoms with E-state index in [1.54, 1.807) is 0 Å². The number of morpholine rings is 1. The number of halogens is 4. The lowest BCUT2D eigenvalue weighted by molar-refractivity contribution is -0.139. The lowest BCUT2D eigenvalue weighted by Crippen LogP contribution is -2.51. The zero-order valence-electron chi connectivity index (χ0n) is 14.5. The van der Waals surface area contributed by atoms with Gasteiger partial charge in [-0.25, -0.2) is 13.1 Å². The van der Waals surface area contributed by atoms with Crippen LogP contribution in [0.5, 0.6) is 0 Å². The van der Waals surface area contributed by atoms with Gasteiger partial charge in [0.25, 0.3) is 0 Å². The van der Waals surface area contributed by atoms with Crippen molar-refractivity contribution < 1.29 is 26.3 Å². The Labute approximate surface area is 156 Å². The molecule has 1 aromatic carbocycles. The second-order valence-electron chi connectivity index (χ2n) is 6.45. The Bertz CT molecular complexity index is 720. The maximum atomic E-state index is 13.2. The van der Waals surface area contributed by atoms with E-state index in [0.717, 1.165) is 12.1 Å². The maximum absolute atomic E-state index is 13.2. The molecule has 1 aliphatic rings. The van der Waals surface area contributed by atoms with Crippen LogP contribution in [0.2, 0.25) is 5.02 Å². The molecular formula is C16H22ClF3N2O3S. The first-order valence-corrected chi connectivity index (χ1v) is 10.1. The summed E-state index contributed by atoms with van der Waals surface area (Å²) < 4.78 is 72.3. The summed E-state index contributed by atoms with van der Waals surface area (Å²) in [6, 6.07) is 2.49. The quantitative estimate of drug-likeness (QED) is 0.777. The smallest absolute Gasteiger partial charge is 0.379 e. The molecule has 0 saturated carbocycles. The van der Waals surface area contributed by atoms with Crippen molar-refractivity contribution in [1.82, 2.24) is 9.62 Å². The Balaban J connectivity index is 2.22. The van der Waals surface area contributed by atoms with Crippen LogP contribution in [-0.2, 0) is 20.9 Å². The van der Waals surface area contributed by atoms with Crippen LogP contribution in [0.25, 0.3) is 0 Å². The van der Waals surface area contributed by atoms with Gasteiger partial charge in [0, 0.05) is 30.7 Å². The van der Waals surface area contributed by atoms with E-state index < -0.39 is 26.7 Å². The summed E-state index contributed by atoms with van der Waals surface area (Å²) >= 11 is 5.61. The number of sulfonamides is 1. The first-order chi connectivity index (χ1) is 12.0. The van der Waals surface area contributed by atoms with Gasteiger partial charge in [0.15, 0.2) is 0 Å². The van der Waals surface area contributed by atoms with E-state index in [2.05, 4.69) is 9.62 Å². The Hall–Kier alpha value is -0.870. The SMILES string of the molecule is CC(C)[C@H](CNS(=O)(=O)c1ccc(Cl)cc1C(F)(F)F)N1CCOCC1. The molecule has 26 heavy (non-hydrogen) atoms. The third-order valence-corrected chi connectivity index (χ3v) is 6.02. The highest BCUT2D eigenvalue weighted by Gasteiger charge is 2.38. The fraction of sp³-hybridized carbons (Fsp3) is 0.625. The van der Waals surface area contributed by atoms with Crippen LogP contribution in [0.1, 0.15) is 19.4 Å². The molecule has 1 N–H and O–H groups in total. The minimum absolute atomic E-state index is 0.0138. The van der Waals surface area contributed by atoms with Gasteiger partial charge in [-0.05, 0) is 24.1 Å². The van der Waals surface area contributed by atoms with Crippen LogP contribution in [0, 0.1) is 5.92 Å². The van der Waals surface area contributed by atoms with Gasteiger partial charge in [-0.2, -0.15) is 13.2 Å². The van der Waals surface area contributed by atoms with Gasteiger partial charge in [0.2, 0.25) is 10.0 Å². The highest BCUT2D eigenvalue weighted by Crippen LogP contribution is 2.35. The van der Waals surface area contributed by atoms with Crippen molar-refractivity contribution in [2.75, 3.05) is 32.8 Å². The van der Waals surface area contributed by atoms with Gasteiger partial charge in [-0.3, -0.25) is 4.90 Å². The lowest BCUT2D eigenvalue weighted by atomic mass is 10.0. The highest BCUT2D eigenvalue weighted by atomic mass is 35.5. The average molecular weight is 415 g/mol. The fourth-order valence-electron chi connectivity index (χ4n) is 2.93. The zero-order valence-corrected chi connectivity index (χ0v) is 16.1. The van der Waals surface area contributed by atoms with Crippen LogP contribution in [0.3, 0.4) is 0 Å². The molecule has 0 bridgehead atoms. The maximum Gasteiger partial charge on any atom is 0.417 e. The third kappa shape index (κ3) is 5.32. The molecule has 5 nitrogen and oxygen atoms in total. The summed E-state index contributed by atoms with van der Waals surface area (Å²) in [5.41, 5.74) is -1.27. The number of rotatable bonds is 6. The third-order valence-electron chi connectivity index (χ3n) is 4.30. The number of hydrogen-bond acceptors (Lipinski definition) is 4. The predicted molar refractivity (Wildman–Crippen MR) is 92.7 cm³/mol. The summed E-state index contributed by atoms with van der Waals surface area (Å²) in [6.07, 6.45) is -4.82. The molecule has 1 atom stereocenters. The zero-order chi connectivity index (χ0) is 19.5. The number of alkyl halides is 3. The summed E-state index contributed by atoms with van der Waals surface area (Å²) in [6.45, 7) is 6.30. The molecule has 0 amide bonds. The lowest BCUT2D eigenvalue weighted by Gasteiger charge is -2.36. The molecule has 1 aliphatic heterocycles. The second kappa shape index (κ2) is 8.43. The normalized spacial score (nSPS) is 18.3. The van der Waals surface area contributed by atoms with Gasteiger partial charge in [-0.1, -0.05) is 25.4 Å². The number of hydrogen-bond donors (Lipinski definition) is 1. The first-order valence-electron chi connectivity index (χ1n) is 8.20. The molecule has 0 radical (unpaired) electrons. The molecule has 1 heterocycles. The highest BCUT2D eigenvalue weighted by molar-refractivity contribution is 7.89. The summed E-state index contributed by atoms with van der Waals surface area (Å²) in [5, 5.41) is -0.176. The van der Waals surface area contributed by atoms with E-state index in [1.807, 2.05) is 13.8 Å². The van der Waals surface area contributed by atoms with Crippen molar-refractivity contribution in [3.8, 4) is 0 Å². The fourth-order valence-corrected chi connectivity index (χ4v) is 4.36. The van der Waals surface area contributed by atoms with Crippen molar-refractivity contribution in [3.63, 3.8) is 0 Å². The number of nitrogens with zero attached hydrogens (tertiary/aromatic N) is 1. The molecule has 10 heteroatoms. The summed E-state index contributed by atoms with van der Waals surface area (Å²) in [5.74, 6) is 0.114. The standard InChI is InChI=1S/C16H22ClF3N2O3S/c1-11(2)14(22-5-7-25-8-6-22)10-21-26(23,24)15-4-3-12(17)9-13(15)16(18,19)20/h3-4,9,11,14,21H,5-8,10H2,1-2H3/t14-/m0/s1.